The molecule has 28 heavy (non-hydrogen) atoms. The van der Waals surface area contributed by atoms with Crippen molar-refractivity contribution in [3.63, 3.8) is 0 Å². The lowest BCUT2D eigenvalue weighted by atomic mass is 9.79. The maximum Gasteiger partial charge on any atom is 0.177 e. The van der Waals surface area contributed by atoms with Crippen LogP contribution in [0.15, 0.2) is 66.9 Å². The van der Waals surface area contributed by atoms with Crippen LogP contribution in [0.2, 0.25) is 0 Å². The number of carbonyl (C=O) groups excluding carboxylic acids is 2. The van der Waals surface area contributed by atoms with E-state index in [0.29, 0.717) is 29.8 Å². The van der Waals surface area contributed by atoms with Crippen LogP contribution in [0.25, 0.3) is 0 Å². The Morgan fingerprint density at radius 2 is 1.93 bits per heavy atom. The van der Waals surface area contributed by atoms with Crippen molar-refractivity contribution in [2.24, 2.45) is 5.92 Å². The lowest BCUT2D eigenvalue weighted by molar-refractivity contribution is 0.0791. The first-order valence-corrected chi connectivity index (χ1v) is 9.20. The quantitative estimate of drug-likeness (QED) is 0.529. The van der Waals surface area contributed by atoms with Crippen molar-refractivity contribution < 1.29 is 14.3 Å². The third-order valence-electron chi connectivity index (χ3n) is 5.02. The Morgan fingerprint density at radius 1 is 1.11 bits per heavy atom. The zero-order chi connectivity index (χ0) is 19.5. The Hall–Kier alpha value is -3.47. The summed E-state index contributed by atoms with van der Waals surface area (Å²) in [5.41, 5.74) is 2.80. The highest BCUT2D eigenvalue weighted by Crippen LogP contribution is 2.32. The van der Waals surface area contributed by atoms with E-state index in [2.05, 4.69) is 10.3 Å². The molecular formula is C23H20N2O3. The SMILES string of the molecule is COc1ccc2c(c1)CCC(C(=O)c1cccnc1Nc1ccccc1)C2=O. The average molecular weight is 372 g/mol. The number of aryl methyl sites for hydroxylation is 1. The molecule has 0 radical (unpaired) electrons. The third kappa shape index (κ3) is 3.39. The maximum absolute atomic E-state index is 13.2. The fraction of sp³-hybridized carbons (Fsp3) is 0.174. The highest BCUT2D eigenvalue weighted by atomic mass is 16.5. The van der Waals surface area contributed by atoms with Crippen LogP contribution < -0.4 is 10.1 Å². The number of hydrogen-bond donors (Lipinski definition) is 1. The van der Waals surface area contributed by atoms with Gasteiger partial charge in [0.25, 0.3) is 0 Å². The summed E-state index contributed by atoms with van der Waals surface area (Å²) in [7, 11) is 1.60. The Bertz CT molecular complexity index is 1030. The van der Waals surface area contributed by atoms with Gasteiger partial charge in [0.05, 0.1) is 18.6 Å². The molecule has 1 aliphatic carbocycles. The molecule has 1 atom stereocenters. The molecule has 2 aromatic carbocycles. The van der Waals surface area contributed by atoms with Gasteiger partial charge in [-0.3, -0.25) is 9.59 Å². The number of fused-ring (bicyclic) bond motifs is 1. The van der Waals surface area contributed by atoms with Crippen LogP contribution in [0, 0.1) is 5.92 Å². The fourth-order valence-corrected chi connectivity index (χ4v) is 3.56. The predicted octanol–water partition coefficient (Wildman–Crippen LogP) is 4.46. The molecule has 140 valence electrons. The number of nitrogens with one attached hydrogen (secondary N) is 1. The largest absolute Gasteiger partial charge is 0.497 e. The summed E-state index contributed by atoms with van der Waals surface area (Å²) in [6, 6.07) is 18.4. The van der Waals surface area contributed by atoms with E-state index in [0.717, 1.165) is 17.0 Å². The van der Waals surface area contributed by atoms with E-state index in [1.54, 1.807) is 37.6 Å². The fourth-order valence-electron chi connectivity index (χ4n) is 3.56. The first kappa shape index (κ1) is 17.9. The number of ketones is 2. The number of Topliss-reactive ketones (excluding diaryl/α,β-unsaturated/α-hetero) is 2. The molecule has 5 nitrogen and oxygen atoms in total. The second-order valence-corrected chi connectivity index (χ2v) is 6.73. The van der Waals surface area contributed by atoms with Crippen LogP contribution in [-0.4, -0.2) is 23.7 Å². The van der Waals surface area contributed by atoms with Gasteiger partial charge in [0.2, 0.25) is 0 Å². The zero-order valence-electron chi connectivity index (χ0n) is 15.5. The van der Waals surface area contributed by atoms with Crippen molar-refractivity contribution in [2.45, 2.75) is 12.8 Å². The summed E-state index contributed by atoms with van der Waals surface area (Å²) >= 11 is 0. The van der Waals surface area contributed by atoms with Crippen molar-refractivity contribution in [3.05, 3.63) is 83.6 Å². The van der Waals surface area contributed by atoms with Crippen molar-refractivity contribution in [2.75, 3.05) is 12.4 Å². The topological polar surface area (TPSA) is 68.3 Å². The number of benzene rings is 2. The minimum atomic E-state index is -0.693. The highest BCUT2D eigenvalue weighted by Gasteiger charge is 2.34. The molecule has 1 aromatic heterocycles. The van der Waals surface area contributed by atoms with Gasteiger partial charge >= 0.3 is 0 Å². The van der Waals surface area contributed by atoms with Crippen molar-refractivity contribution in [3.8, 4) is 5.75 Å². The summed E-state index contributed by atoms with van der Waals surface area (Å²) in [6.07, 6.45) is 2.78. The van der Waals surface area contributed by atoms with Crippen LogP contribution in [0.3, 0.4) is 0 Å². The highest BCUT2D eigenvalue weighted by molar-refractivity contribution is 6.18. The van der Waals surface area contributed by atoms with Crippen molar-refractivity contribution >= 4 is 23.1 Å². The molecule has 5 heteroatoms. The van der Waals surface area contributed by atoms with Gasteiger partial charge in [0, 0.05) is 17.4 Å². The molecule has 3 aromatic rings. The number of carbonyl (C=O) groups is 2. The molecule has 1 N–H and O–H groups in total. The Morgan fingerprint density at radius 3 is 2.71 bits per heavy atom. The second-order valence-electron chi connectivity index (χ2n) is 6.73. The summed E-state index contributed by atoms with van der Waals surface area (Å²) in [4.78, 5) is 30.5. The number of aromatic nitrogens is 1. The molecule has 1 aliphatic rings. The van der Waals surface area contributed by atoms with E-state index in [9.17, 15) is 9.59 Å². The summed E-state index contributed by atoms with van der Waals surface area (Å²) in [5.74, 6) is 0.160. The van der Waals surface area contributed by atoms with Crippen molar-refractivity contribution in [1.29, 1.82) is 0 Å². The normalized spacial score (nSPS) is 15.6. The van der Waals surface area contributed by atoms with E-state index in [4.69, 9.17) is 4.74 Å². The number of pyridine rings is 1. The van der Waals surface area contributed by atoms with E-state index in [1.807, 2.05) is 36.4 Å². The van der Waals surface area contributed by atoms with Gasteiger partial charge in [0.1, 0.15) is 11.6 Å². The molecule has 0 saturated carbocycles. The number of anilines is 2. The molecule has 0 bridgehead atoms. The number of methoxy groups -OCH3 is 1. The summed E-state index contributed by atoms with van der Waals surface area (Å²) in [6.45, 7) is 0. The smallest absolute Gasteiger partial charge is 0.177 e. The monoisotopic (exact) mass is 372 g/mol. The molecule has 1 heterocycles. The molecule has 1 unspecified atom stereocenters. The second kappa shape index (κ2) is 7.64. The molecule has 0 saturated heterocycles. The number of ether oxygens (including phenoxy) is 1. The van der Waals surface area contributed by atoms with E-state index < -0.39 is 5.92 Å². The van der Waals surface area contributed by atoms with Crippen LogP contribution >= 0.6 is 0 Å². The molecule has 0 amide bonds. The predicted molar refractivity (Wildman–Crippen MR) is 107 cm³/mol. The van der Waals surface area contributed by atoms with Crippen LogP contribution in [0.5, 0.6) is 5.75 Å². The Kier molecular flexibility index (Phi) is 4.89. The third-order valence-corrected chi connectivity index (χ3v) is 5.02. The zero-order valence-corrected chi connectivity index (χ0v) is 15.5. The van der Waals surface area contributed by atoms with E-state index in [-0.39, 0.29) is 11.6 Å². The number of rotatable bonds is 5. The number of nitrogens with zero attached hydrogens (tertiary/aromatic N) is 1. The van der Waals surface area contributed by atoms with Crippen molar-refractivity contribution in [1.82, 2.24) is 4.98 Å². The number of hydrogen-bond acceptors (Lipinski definition) is 5. The van der Waals surface area contributed by atoms with E-state index >= 15 is 0 Å². The van der Waals surface area contributed by atoms with Gasteiger partial charge in [-0.25, -0.2) is 4.98 Å². The van der Waals surface area contributed by atoms with Gasteiger partial charge in [-0.15, -0.1) is 0 Å². The van der Waals surface area contributed by atoms with Crippen LogP contribution in [-0.2, 0) is 6.42 Å². The van der Waals surface area contributed by atoms with Gasteiger partial charge < -0.3 is 10.1 Å². The van der Waals surface area contributed by atoms with Gasteiger partial charge in [-0.05, 0) is 60.9 Å². The van der Waals surface area contributed by atoms with Gasteiger partial charge in [0.15, 0.2) is 11.6 Å². The molecule has 4 rings (SSSR count). The summed E-state index contributed by atoms with van der Waals surface area (Å²) < 4.78 is 5.24. The average Bonchev–Trinajstić information content (AvgIpc) is 2.74. The molecule has 0 fully saturated rings. The minimum absolute atomic E-state index is 0.136. The maximum atomic E-state index is 13.2. The first-order valence-electron chi connectivity index (χ1n) is 9.20. The first-order chi connectivity index (χ1) is 13.7. The lowest BCUT2D eigenvalue weighted by Crippen LogP contribution is -2.30. The Balaban J connectivity index is 1.62. The lowest BCUT2D eigenvalue weighted by Gasteiger charge is -2.23. The van der Waals surface area contributed by atoms with Crippen LogP contribution in [0.1, 0.15) is 32.7 Å². The Labute approximate surface area is 163 Å². The molecular weight excluding hydrogens is 352 g/mol. The number of para-hydroxylation sites is 1. The molecule has 0 spiro atoms. The van der Waals surface area contributed by atoms with Crippen LogP contribution in [0.4, 0.5) is 11.5 Å². The minimum Gasteiger partial charge on any atom is -0.497 e. The van der Waals surface area contributed by atoms with E-state index in [1.165, 1.54) is 0 Å². The molecule has 0 aliphatic heterocycles. The van der Waals surface area contributed by atoms with Gasteiger partial charge in [-0.1, -0.05) is 18.2 Å². The van der Waals surface area contributed by atoms with Gasteiger partial charge in [-0.2, -0.15) is 0 Å². The standard InChI is InChI=1S/C23H20N2O3/c1-28-17-10-12-18-15(14-17)9-11-19(21(18)26)22(27)20-8-5-13-24-23(20)25-16-6-3-2-4-7-16/h2-8,10,12-14,19H,9,11H2,1H3,(H,24,25). The summed E-state index contributed by atoms with van der Waals surface area (Å²) in [5, 5.41) is 3.18.